The van der Waals surface area contributed by atoms with Crippen LogP contribution >= 0.6 is 0 Å². The lowest BCUT2D eigenvalue weighted by atomic mass is 9.90. The minimum absolute atomic E-state index is 0.0800. The van der Waals surface area contributed by atoms with Gasteiger partial charge in [0.2, 0.25) is 0 Å². The molecule has 1 aliphatic carbocycles. The maximum absolute atomic E-state index is 13.1. The summed E-state index contributed by atoms with van der Waals surface area (Å²) in [5.74, 6) is -0.278. The topological polar surface area (TPSA) is 91.3 Å². The monoisotopic (exact) mass is 491 g/mol. The zero-order valence-corrected chi connectivity index (χ0v) is 21.1. The van der Waals surface area contributed by atoms with E-state index in [1.807, 2.05) is 49.4 Å². The summed E-state index contributed by atoms with van der Waals surface area (Å²) in [7, 11) is 0. The Morgan fingerprint density at radius 1 is 1.11 bits per heavy atom. The van der Waals surface area contributed by atoms with Crippen molar-refractivity contribution in [2.45, 2.75) is 57.3 Å². The molecule has 0 amide bonds. The van der Waals surface area contributed by atoms with Crippen LogP contribution in [0.2, 0.25) is 0 Å². The van der Waals surface area contributed by atoms with Gasteiger partial charge in [0, 0.05) is 11.6 Å². The first-order valence-corrected chi connectivity index (χ1v) is 12.7. The number of rotatable bonds is 8. The number of hydrogen-bond acceptors (Lipinski definition) is 4. The summed E-state index contributed by atoms with van der Waals surface area (Å²) in [5.41, 5.74) is 5.15. The van der Waals surface area contributed by atoms with Gasteiger partial charge in [0.25, 0.3) is 0 Å². The summed E-state index contributed by atoms with van der Waals surface area (Å²) >= 11 is 0. The van der Waals surface area contributed by atoms with Gasteiger partial charge in [0.05, 0.1) is 22.4 Å². The van der Waals surface area contributed by atoms with E-state index >= 15 is 0 Å². The van der Waals surface area contributed by atoms with Gasteiger partial charge in [-0.1, -0.05) is 55.5 Å². The van der Waals surface area contributed by atoms with Crippen LogP contribution in [0.25, 0.3) is 22.3 Å². The number of carboxylic acid groups (broad SMARTS) is 1. The smallest absolute Gasteiger partial charge is 0.335 e. The van der Waals surface area contributed by atoms with Crippen molar-refractivity contribution in [3.8, 4) is 17.4 Å². The average molecular weight is 492 g/mol. The Kier molecular flexibility index (Phi) is 6.43. The summed E-state index contributed by atoms with van der Waals surface area (Å²) < 4.78 is 6.38. The van der Waals surface area contributed by atoms with Crippen molar-refractivity contribution in [3.63, 3.8) is 0 Å². The Hall–Kier alpha value is -4.17. The molecule has 186 valence electrons. The van der Waals surface area contributed by atoms with Crippen LogP contribution in [0.4, 0.5) is 0 Å². The Bertz CT molecular complexity index is 1590. The molecule has 0 bridgehead atoms. The van der Waals surface area contributed by atoms with Crippen molar-refractivity contribution >= 4 is 16.9 Å². The lowest BCUT2D eigenvalue weighted by molar-refractivity contribution is 0.0695. The van der Waals surface area contributed by atoms with E-state index in [9.17, 15) is 20.0 Å². The molecule has 0 radical (unpaired) electrons. The lowest BCUT2D eigenvalue weighted by Gasteiger charge is -2.16. The van der Waals surface area contributed by atoms with Crippen molar-refractivity contribution in [3.05, 3.63) is 105 Å². The largest absolute Gasteiger partial charge is 0.478 e. The molecule has 1 unspecified atom stereocenters. The zero-order valence-electron chi connectivity index (χ0n) is 21.1. The van der Waals surface area contributed by atoms with Gasteiger partial charge >= 0.3 is 5.97 Å². The van der Waals surface area contributed by atoms with Crippen molar-refractivity contribution in [2.24, 2.45) is 0 Å². The van der Waals surface area contributed by atoms with Gasteiger partial charge in [-0.2, -0.15) is 5.26 Å². The van der Waals surface area contributed by atoms with Gasteiger partial charge in [0.15, 0.2) is 5.43 Å². The van der Waals surface area contributed by atoms with E-state index in [2.05, 4.69) is 19.1 Å². The Labute approximate surface area is 216 Å². The predicted molar refractivity (Wildman–Crippen MR) is 144 cm³/mol. The molecule has 1 aromatic heterocycles. The number of aromatic carboxylic acids is 1. The number of benzene rings is 3. The van der Waals surface area contributed by atoms with Crippen molar-refractivity contribution < 1.29 is 14.3 Å². The second kappa shape index (κ2) is 9.71. The van der Waals surface area contributed by atoms with Crippen molar-refractivity contribution in [1.82, 2.24) is 0 Å². The number of fused-ring (bicyclic) bond motifs is 1. The van der Waals surface area contributed by atoms with Crippen LogP contribution in [0.3, 0.4) is 0 Å². The van der Waals surface area contributed by atoms with E-state index in [-0.39, 0.29) is 16.8 Å². The third-order valence-electron chi connectivity index (χ3n) is 7.55. The quantitative estimate of drug-likeness (QED) is 0.283. The third kappa shape index (κ3) is 4.80. The molecule has 1 N–H and O–H groups in total. The average Bonchev–Trinajstić information content (AvgIpc) is 3.70. The van der Waals surface area contributed by atoms with Gasteiger partial charge in [0.1, 0.15) is 11.3 Å². The van der Waals surface area contributed by atoms with Crippen LogP contribution in [0.1, 0.15) is 71.1 Å². The number of carboxylic acids is 1. The number of nitriles is 1. The van der Waals surface area contributed by atoms with Crippen LogP contribution in [-0.4, -0.2) is 11.1 Å². The second-order valence-corrected chi connectivity index (χ2v) is 10.2. The van der Waals surface area contributed by atoms with Crippen molar-refractivity contribution in [1.29, 1.82) is 5.26 Å². The first-order chi connectivity index (χ1) is 17.8. The zero-order chi connectivity index (χ0) is 26.2. The maximum atomic E-state index is 13.1. The molecule has 5 rings (SSSR count). The molecule has 1 heterocycles. The van der Waals surface area contributed by atoms with Crippen LogP contribution < -0.4 is 5.43 Å². The molecule has 1 fully saturated rings. The summed E-state index contributed by atoms with van der Waals surface area (Å²) in [6.45, 7) is 4.10. The lowest BCUT2D eigenvalue weighted by Crippen LogP contribution is -2.06. The molecule has 3 aromatic carbocycles. The van der Waals surface area contributed by atoms with E-state index < -0.39 is 5.97 Å². The van der Waals surface area contributed by atoms with E-state index in [1.165, 1.54) is 0 Å². The fraction of sp³-hybridized carbons (Fsp3) is 0.281. The highest BCUT2D eigenvalue weighted by molar-refractivity contribution is 5.89. The van der Waals surface area contributed by atoms with E-state index in [0.29, 0.717) is 28.7 Å². The molecule has 5 nitrogen and oxygen atoms in total. The standard InChI is InChI=1S/C32H29NO4/c1-20-16-26(21(2)6-5-8-22-7-3-4-9-25(22)31(35)36)30-27(17-20)28(34)18-29(37-30)23-10-12-24(13-11-23)32(19-33)14-15-32/h3-4,7,9-13,16-18,21H,5-6,8,14-15H2,1-2H3,(H,35,36). The first-order valence-electron chi connectivity index (χ1n) is 12.7. The fourth-order valence-corrected chi connectivity index (χ4v) is 5.19. The molecule has 5 heteroatoms. The highest BCUT2D eigenvalue weighted by Gasteiger charge is 2.44. The fourth-order valence-electron chi connectivity index (χ4n) is 5.19. The number of aryl methyl sites for hydroxylation is 2. The Morgan fingerprint density at radius 2 is 1.84 bits per heavy atom. The summed E-state index contributed by atoms with van der Waals surface area (Å²) in [6.07, 6.45) is 4.08. The summed E-state index contributed by atoms with van der Waals surface area (Å²) in [4.78, 5) is 24.7. The van der Waals surface area contributed by atoms with Crippen LogP contribution in [0, 0.1) is 18.3 Å². The Balaban J connectivity index is 1.43. The number of hydrogen-bond donors (Lipinski definition) is 1. The van der Waals surface area contributed by atoms with Gasteiger partial charge in [-0.15, -0.1) is 0 Å². The summed E-state index contributed by atoms with van der Waals surface area (Å²) in [6, 6.07) is 22.8. The minimum Gasteiger partial charge on any atom is -0.478 e. The molecule has 4 aromatic rings. The second-order valence-electron chi connectivity index (χ2n) is 10.2. The van der Waals surface area contributed by atoms with Gasteiger partial charge < -0.3 is 9.52 Å². The molecule has 1 saturated carbocycles. The first kappa shape index (κ1) is 24.5. The highest BCUT2D eigenvalue weighted by Crippen LogP contribution is 2.47. The molecule has 0 spiro atoms. The molecule has 1 aliphatic rings. The minimum atomic E-state index is -0.907. The van der Waals surface area contributed by atoms with Crippen LogP contribution in [-0.2, 0) is 11.8 Å². The normalized spacial score (nSPS) is 14.7. The summed E-state index contributed by atoms with van der Waals surface area (Å²) in [5, 5.41) is 19.5. The molecular weight excluding hydrogens is 462 g/mol. The highest BCUT2D eigenvalue weighted by atomic mass is 16.4. The molecule has 0 saturated heterocycles. The number of carbonyl (C=O) groups is 1. The van der Waals surface area contributed by atoms with Gasteiger partial charge in [-0.3, -0.25) is 4.79 Å². The van der Waals surface area contributed by atoms with Crippen LogP contribution in [0.5, 0.6) is 0 Å². The third-order valence-corrected chi connectivity index (χ3v) is 7.55. The van der Waals surface area contributed by atoms with E-state index in [4.69, 9.17) is 4.42 Å². The molecule has 37 heavy (non-hydrogen) atoms. The van der Waals surface area contributed by atoms with E-state index in [1.54, 1.807) is 18.2 Å². The predicted octanol–water partition coefficient (Wildman–Crippen LogP) is 7.15. The van der Waals surface area contributed by atoms with Crippen LogP contribution in [0.15, 0.2) is 75.9 Å². The molecular formula is C32H29NO4. The van der Waals surface area contributed by atoms with Gasteiger partial charge in [-0.25, -0.2) is 4.79 Å². The van der Waals surface area contributed by atoms with Gasteiger partial charge in [-0.05, 0) is 79.3 Å². The SMILES string of the molecule is Cc1cc(C(C)CCCc2ccccc2C(=O)O)c2oc(-c3ccc(C4(C#N)CC4)cc3)cc(=O)c2c1. The molecule has 1 atom stereocenters. The number of nitrogens with zero attached hydrogens (tertiary/aromatic N) is 1. The Morgan fingerprint density at radius 3 is 2.51 bits per heavy atom. The molecule has 0 aliphatic heterocycles. The van der Waals surface area contributed by atoms with E-state index in [0.717, 1.165) is 53.5 Å². The van der Waals surface area contributed by atoms with Crippen molar-refractivity contribution in [2.75, 3.05) is 0 Å². The maximum Gasteiger partial charge on any atom is 0.335 e.